The summed E-state index contributed by atoms with van der Waals surface area (Å²) in [7, 11) is 0. The van der Waals surface area contributed by atoms with E-state index in [0.717, 1.165) is 0 Å². The number of benzene rings is 1. The number of nitro groups is 1. The highest BCUT2D eigenvalue weighted by atomic mass is 35.5. The van der Waals surface area contributed by atoms with Gasteiger partial charge in [-0.15, -0.1) is 0 Å². The van der Waals surface area contributed by atoms with Crippen molar-refractivity contribution >= 4 is 23.2 Å². The number of hydrogen-bond donors (Lipinski definition) is 2. The summed E-state index contributed by atoms with van der Waals surface area (Å²) in [6.45, 7) is 2.91. The highest BCUT2D eigenvalue weighted by molar-refractivity contribution is 6.33. The Kier molecular flexibility index (Phi) is 4.26. The van der Waals surface area contributed by atoms with Gasteiger partial charge in [0.05, 0.1) is 17.1 Å². The SMILES string of the molecule is CC(C)(CO)NC(=O)c1cccc(Cl)c1[N+](=O)[O-]. The molecule has 0 spiro atoms. The molecule has 7 heteroatoms. The molecular formula is C11H13ClN2O4. The van der Waals surface area contributed by atoms with Crippen molar-refractivity contribution < 1.29 is 14.8 Å². The number of carbonyl (C=O) groups is 1. The van der Waals surface area contributed by atoms with Gasteiger partial charge in [-0.25, -0.2) is 0 Å². The number of aliphatic hydroxyl groups excluding tert-OH is 1. The van der Waals surface area contributed by atoms with Crippen LogP contribution in [-0.2, 0) is 0 Å². The maximum atomic E-state index is 11.9. The lowest BCUT2D eigenvalue weighted by Crippen LogP contribution is -2.46. The molecule has 0 unspecified atom stereocenters. The maximum absolute atomic E-state index is 11.9. The molecule has 0 heterocycles. The number of para-hydroxylation sites is 1. The van der Waals surface area contributed by atoms with Gasteiger partial charge in [0.1, 0.15) is 10.6 Å². The highest BCUT2D eigenvalue weighted by Crippen LogP contribution is 2.28. The van der Waals surface area contributed by atoms with E-state index in [1.165, 1.54) is 18.2 Å². The third-order valence-electron chi connectivity index (χ3n) is 2.26. The van der Waals surface area contributed by atoms with Gasteiger partial charge in [0.2, 0.25) is 0 Å². The zero-order chi connectivity index (χ0) is 13.9. The van der Waals surface area contributed by atoms with Crippen LogP contribution >= 0.6 is 11.6 Å². The number of aliphatic hydroxyl groups is 1. The van der Waals surface area contributed by atoms with E-state index in [0.29, 0.717) is 0 Å². The van der Waals surface area contributed by atoms with Crippen molar-refractivity contribution in [2.24, 2.45) is 0 Å². The summed E-state index contributed by atoms with van der Waals surface area (Å²) in [4.78, 5) is 22.1. The molecule has 1 aromatic carbocycles. The average molecular weight is 273 g/mol. The minimum atomic E-state index is -0.868. The molecule has 2 N–H and O–H groups in total. The quantitative estimate of drug-likeness (QED) is 0.645. The summed E-state index contributed by atoms with van der Waals surface area (Å²) in [5, 5.41) is 22.3. The van der Waals surface area contributed by atoms with Crippen LogP contribution in [0, 0.1) is 10.1 Å². The molecule has 1 amide bonds. The molecule has 0 aliphatic carbocycles. The van der Waals surface area contributed by atoms with Gasteiger partial charge in [0.25, 0.3) is 5.91 Å². The summed E-state index contributed by atoms with van der Waals surface area (Å²) >= 11 is 5.70. The van der Waals surface area contributed by atoms with Crippen LogP contribution in [0.3, 0.4) is 0 Å². The summed E-state index contributed by atoms with van der Waals surface area (Å²) < 4.78 is 0. The molecule has 0 aromatic heterocycles. The lowest BCUT2D eigenvalue weighted by atomic mass is 10.1. The van der Waals surface area contributed by atoms with E-state index < -0.39 is 22.1 Å². The Hall–Kier alpha value is -1.66. The average Bonchev–Trinajstić information content (AvgIpc) is 2.27. The fraction of sp³-hybridized carbons (Fsp3) is 0.364. The Labute approximate surface area is 109 Å². The third kappa shape index (κ3) is 3.18. The van der Waals surface area contributed by atoms with Crippen LogP contribution in [0.25, 0.3) is 0 Å². The van der Waals surface area contributed by atoms with E-state index in [-0.39, 0.29) is 17.2 Å². The van der Waals surface area contributed by atoms with Crippen LogP contribution in [0.5, 0.6) is 0 Å². The van der Waals surface area contributed by atoms with Crippen LogP contribution in [-0.4, -0.2) is 28.1 Å². The van der Waals surface area contributed by atoms with Gasteiger partial charge in [0.15, 0.2) is 0 Å². The smallest absolute Gasteiger partial charge is 0.300 e. The minimum Gasteiger partial charge on any atom is -0.394 e. The molecule has 0 fully saturated rings. The van der Waals surface area contributed by atoms with E-state index >= 15 is 0 Å². The van der Waals surface area contributed by atoms with Gasteiger partial charge < -0.3 is 10.4 Å². The Morgan fingerprint density at radius 2 is 2.17 bits per heavy atom. The van der Waals surface area contributed by atoms with Crippen molar-refractivity contribution in [1.29, 1.82) is 0 Å². The van der Waals surface area contributed by atoms with Crippen molar-refractivity contribution in [3.8, 4) is 0 Å². The van der Waals surface area contributed by atoms with Crippen LogP contribution in [0.2, 0.25) is 5.02 Å². The number of hydrogen-bond acceptors (Lipinski definition) is 4. The zero-order valence-electron chi connectivity index (χ0n) is 9.94. The van der Waals surface area contributed by atoms with Gasteiger partial charge in [-0.1, -0.05) is 17.7 Å². The first-order chi connectivity index (χ1) is 8.28. The first-order valence-electron chi connectivity index (χ1n) is 5.15. The van der Waals surface area contributed by atoms with Gasteiger partial charge in [-0.05, 0) is 26.0 Å². The van der Waals surface area contributed by atoms with Crippen LogP contribution in [0.15, 0.2) is 18.2 Å². The largest absolute Gasteiger partial charge is 0.394 e. The van der Waals surface area contributed by atoms with Crippen molar-refractivity contribution in [3.05, 3.63) is 38.9 Å². The van der Waals surface area contributed by atoms with Gasteiger partial charge >= 0.3 is 5.69 Å². The van der Waals surface area contributed by atoms with Crippen LogP contribution in [0.4, 0.5) is 5.69 Å². The predicted octanol–water partition coefficient (Wildman–Crippen LogP) is 1.75. The fourth-order valence-electron chi connectivity index (χ4n) is 1.30. The second-order valence-corrected chi connectivity index (χ2v) is 4.80. The maximum Gasteiger partial charge on any atom is 0.300 e. The summed E-state index contributed by atoms with van der Waals surface area (Å²) in [6, 6.07) is 4.11. The van der Waals surface area contributed by atoms with Crippen molar-refractivity contribution in [2.75, 3.05) is 6.61 Å². The predicted molar refractivity (Wildman–Crippen MR) is 66.7 cm³/mol. The third-order valence-corrected chi connectivity index (χ3v) is 2.57. The van der Waals surface area contributed by atoms with Crippen LogP contribution in [0.1, 0.15) is 24.2 Å². The van der Waals surface area contributed by atoms with E-state index in [1.54, 1.807) is 13.8 Å². The lowest BCUT2D eigenvalue weighted by Gasteiger charge is -2.23. The standard InChI is InChI=1S/C11H13ClN2O4/c1-11(2,6-15)13-10(16)7-4-3-5-8(12)9(7)14(17)18/h3-5,15H,6H2,1-2H3,(H,13,16). The lowest BCUT2D eigenvalue weighted by molar-refractivity contribution is -0.385. The molecule has 6 nitrogen and oxygen atoms in total. The minimum absolute atomic E-state index is 0.102. The topological polar surface area (TPSA) is 92.5 Å². The van der Waals surface area contributed by atoms with E-state index in [9.17, 15) is 14.9 Å². The molecule has 0 aliphatic rings. The Balaban J connectivity index is 3.14. The molecule has 0 aliphatic heterocycles. The molecule has 0 atom stereocenters. The summed E-state index contributed by atoms with van der Waals surface area (Å²) in [6.07, 6.45) is 0. The Morgan fingerprint density at radius 1 is 1.56 bits per heavy atom. The number of rotatable bonds is 4. The fourth-order valence-corrected chi connectivity index (χ4v) is 1.54. The number of halogens is 1. The normalized spacial score (nSPS) is 11.1. The molecule has 0 bridgehead atoms. The highest BCUT2D eigenvalue weighted by Gasteiger charge is 2.27. The van der Waals surface area contributed by atoms with E-state index in [2.05, 4.69) is 5.32 Å². The molecule has 98 valence electrons. The summed E-state index contributed by atoms with van der Waals surface area (Å²) in [5.41, 5.74) is -1.44. The second kappa shape index (κ2) is 5.32. The molecule has 0 saturated carbocycles. The first kappa shape index (κ1) is 14.4. The number of amides is 1. The number of carbonyl (C=O) groups excluding carboxylic acids is 1. The molecule has 0 saturated heterocycles. The van der Waals surface area contributed by atoms with Crippen LogP contribution < -0.4 is 5.32 Å². The van der Waals surface area contributed by atoms with Crippen molar-refractivity contribution in [1.82, 2.24) is 5.32 Å². The number of nitrogens with zero attached hydrogens (tertiary/aromatic N) is 1. The second-order valence-electron chi connectivity index (χ2n) is 4.39. The monoisotopic (exact) mass is 272 g/mol. The first-order valence-corrected chi connectivity index (χ1v) is 5.52. The molecular weight excluding hydrogens is 260 g/mol. The van der Waals surface area contributed by atoms with Gasteiger partial charge in [-0.3, -0.25) is 14.9 Å². The van der Waals surface area contributed by atoms with Crippen molar-refractivity contribution in [3.63, 3.8) is 0 Å². The molecule has 1 rings (SSSR count). The molecule has 18 heavy (non-hydrogen) atoms. The van der Waals surface area contributed by atoms with Crippen molar-refractivity contribution in [2.45, 2.75) is 19.4 Å². The zero-order valence-corrected chi connectivity index (χ0v) is 10.7. The summed E-state index contributed by atoms with van der Waals surface area (Å²) in [5.74, 6) is -0.650. The Morgan fingerprint density at radius 3 is 2.67 bits per heavy atom. The molecule has 0 radical (unpaired) electrons. The number of nitrogens with one attached hydrogen (secondary N) is 1. The van der Waals surface area contributed by atoms with E-state index in [1.807, 2.05) is 0 Å². The molecule has 1 aromatic rings. The number of nitro benzene ring substituents is 1. The Bertz CT molecular complexity index is 488. The van der Waals surface area contributed by atoms with Gasteiger partial charge in [0, 0.05) is 0 Å². The van der Waals surface area contributed by atoms with Gasteiger partial charge in [-0.2, -0.15) is 0 Å². The van der Waals surface area contributed by atoms with E-state index in [4.69, 9.17) is 16.7 Å².